The minimum Gasteiger partial charge on any atom is -0.483 e. The Bertz CT molecular complexity index is 1120. The lowest BCUT2D eigenvalue weighted by atomic mass is 10.0. The topological polar surface area (TPSA) is 64.6 Å². The fourth-order valence-corrected chi connectivity index (χ4v) is 4.41. The molecule has 0 aliphatic carbocycles. The van der Waals surface area contributed by atoms with E-state index in [-0.39, 0.29) is 19.1 Å². The Labute approximate surface area is 193 Å². The third kappa shape index (κ3) is 5.19. The highest BCUT2D eigenvalue weighted by Crippen LogP contribution is 2.36. The van der Waals surface area contributed by atoms with Crippen LogP contribution in [-0.4, -0.2) is 25.1 Å². The van der Waals surface area contributed by atoms with Gasteiger partial charge >= 0.3 is 5.97 Å². The summed E-state index contributed by atoms with van der Waals surface area (Å²) in [7, 11) is 0. The SMILES string of the molecule is CCOC(=O)c1c(-c2ccc(CC)cc2)csc1NC(=O)COc1c(C)ccc(C)c1C. The van der Waals surface area contributed by atoms with E-state index < -0.39 is 5.97 Å². The van der Waals surface area contributed by atoms with Crippen LogP contribution in [0.25, 0.3) is 11.1 Å². The third-order valence-electron chi connectivity index (χ3n) is 5.42. The zero-order valence-electron chi connectivity index (χ0n) is 19.2. The van der Waals surface area contributed by atoms with E-state index in [0.717, 1.165) is 34.2 Å². The molecule has 0 aliphatic heterocycles. The summed E-state index contributed by atoms with van der Waals surface area (Å²) >= 11 is 1.31. The predicted molar refractivity (Wildman–Crippen MR) is 130 cm³/mol. The summed E-state index contributed by atoms with van der Waals surface area (Å²) in [5, 5.41) is 5.18. The van der Waals surface area contributed by atoms with E-state index in [9.17, 15) is 9.59 Å². The second-order valence-electron chi connectivity index (χ2n) is 7.61. The van der Waals surface area contributed by atoms with E-state index in [1.807, 2.05) is 62.5 Å². The zero-order chi connectivity index (χ0) is 23.3. The Morgan fingerprint density at radius 2 is 1.66 bits per heavy atom. The van der Waals surface area contributed by atoms with Crippen LogP contribution in [0, 0.1) is 20.8 Å². The van der Waals surface area contributed by atoms with Crippen LogP contribution in [0.3, 0.4) is 0 Å². The average Bonchev–Trinajstić information content (AvgIpc) is 3.20. The van der Waals surface area contributed by atoms with Gasteiger partial charge in [-0.05, 0) is 61.9 Å². The number of benzene rings is 2. The summed E-state index contributed by atoms with van der Waals surface area (Å²) in [6.07, 6.45) is 0.940. The van der Waals surface area contributed by atoms with Crippen molar-refractivity contribution >= 4 is 28.2 Å². The minimum absolute atomic E-state index is 0.147. The molecule has 1 aromatic heterocycles. The van der Waals surface area contributed by atoms with Crippen molar-refractivity contribution in [3.63, 3.8) is 0 Å². The summed E-state index contributed by atoms with van der Waals surface area (Å²) in [6, 6.07) is 12.1. The highest BCUT2D eigenvalue weighted by atomic mass is 32.1. The molecule has 6 heteroatoms. The lowest BCUT2D eigenvalue weighted by molar-refractivity contribution is -0.118. The molecule has 1 N–H and O–H groups in total. The Hall–Kier alpha value is -3.12. The van der Waals surface area contributed by atoms with Crippen molar-refractivity contribution in [1.29, 1.82) is 0 Å². The maximum absolute atomic E-state index is 12.7. The molecule has 1 amide bonds. The number of nitrogens with one attached hydrogen (secondary N) is 1. The molecule has 168 valence electrons. The number of aryl methyl sites for hydroxylation is 3. The lowest BCUT2D eigenvalue weighted by Gasteiger charge is -2.14. The monoisotopic (exact) mass is 451 g/mol. The van der Waals surface area contributed by atoms with Crippen LogP contribution in [0.2, 0.25) is 0 Å². The fraction of sp³-hybridized carbons (Fsp3) is 0.308. The smallest absolute Gasteiger partial charge is 0.341 e. The van der Waals surface area contributed by atoms with Gasteiger partial charge in [0.05, 0.1) is 6.61 Å². The second kappa shape index (κ2) is 10.5. The average molecular weight is 452 g/mol. The van der Waals surface area contributed by atoms with Gasteiger partial charge in [0, 0.05) is 10.9 Å². The first kappa shape index (κ1) is 23.5. The normalized spacial score (nSPS) is 10.7. The van der Waals surface area contributed by atoms with E-state index in [4.69, 9.17) is 9.47 Å². The number of rotatable bonds is 8. The zero-order valence-corrected chi connectivity index (χ0v) is 20.0. The van der Waals surface area contributed by atoms with Gasteiger partial charge in [-0.2, -0.15) is 0 Å². The number of amides is 1. The summed E-state index contributed by atoms with van der Waals surface area (Å²) in [5.41, 5.74) is 6.34. The van der Waals surface area contributed by atoms with E-state index in [1.165, 1.54) is 16.9 Å². The molecule has 3 rings (SSSR count). The summed E-state index contributed by atoms with van der Waals surface area (Å²) in [5.74, 6) is -0.0656. The molecule has 3 aromatic rings. The predicted octanol–water partition coefficient (Wildman–Crippen LogP) is 6.10. The van der Waals surface area contributed by atoms with Gasteiger partial charge in [-0.1, -0.05) is 43.3 Å². The number of ether oxygens (including phenoxy) is 2. The van der Waals surface area contributed by atoms with Crippen molar-refractivity contribution in [3.05, 3.63) is 69.6 Å². The number of hydrogen-bond acceptors (Lipinski definition) is 5. The van der Waals surface area contributed by atoms with Gasteiger partial charge in [0.2, 0.25) is 0 Å². The van der Waals surface area contributed by atoms with Crippen LogP contribution in [-0.2, 0) is 16.0 Å². The molecule has 32 heavy (non-hydrogen) atoms. The molecular weight excluding hydrogens is 422 g/mol. The maximum atomic E-state index is 12.7. The van der Waals surface area contributed by atoms with Crippen LogP contribution in [0.1, 0.15) is 46.5 Å². The van der Waals surface area contributed by atoms with Gasteiger partial charge in [-0.25, -0.2) is 4.79 Å². The van der Waals surface area contributed by atoms with Crippen LogP contribution < -0.4 is 10.1 Å². The van der Waals surface area contributed by atoms with Crippen molar-refractivity contribution in [2.24, 2.45) is 0 Å². The van der Waals surface area contributed by atoms with Crippen molar-refractivity contribution in [1.82, 2.24) is 0 Å². The Balaban J connectivity index is 1.82. The van der Waals surface area contributed by atoms with Crippen LogP contribution in [0.4, 0.5) is 5.00 Å². The number of esters is 1. The molecule has 0 aliphatic rings. The number of hydrogen-bond donors (Lipinski definition) is 1. The lowest BCUT2D eigenvalue weighted by Crippen LogP contribution is -2.21. The number of anilines is 1. The Morgan fingerprint density at radius 1 is 0.969 bits per heavy atom. The maximum Gasteiger partial charge on any atom is 0.341 e. The van der Waals surface area contributed by atoms with E-state index in [2.05, 4.69) is 12.2 Å². The molecule has 0 fully saturated rings. The van der Waals surface area contributed by atoms with Crippen LogP contribution >= 0.6 is 11.3 Å². The van der Waals surface area contributed by atoms with Gasteiger partial charge < -0.3 is 14.8 Å². The molecule has 1 heterocycles. The molecule has 0 unspecified atom stereocenters. The van der Waals surface area contributed by atoms with Crippen molar-refractivity contribution in [2.45, 2.75) is 41.0 Å². The van der Waals surface area contributed by atoms with Gasteiger partial charge in [0.25, 0.3) is 5.91 Å². The fourth-order valence-electron chi connectivity index (χ4n) is 3.44. The highest BCUT2D eigenvalue weighted by Gasteiger charge is 2.23. The van der Waals surface area contributed by atoms with Crippen LogP contribution in [0.5, 0.6) is 5.75 Å². The largest absolute Gasteiger partial charge is 0.483 e. The first-order valence-corrected chi connectivity index (χ1v) is 11.6. The molecule has 2 aromatic carbocycles. The molecule has 0 radical (unpaired) electrons. The first-order chi connectivity index (χ1) is 15.3. The van der Waals surface area contributed by atoms with E-state index in [0.29, 0.717) is 16.3 Å². The van der Waals surface area contributed by atoms with E-state index >= 15 is 0 Å². The van der Waals surface area contributed by atoms with Gasteiger partial charge in [0.1, 0.15) is 16.3 Å². The minimum atomic E-state index is -0.454. The Morgan fingerprint density at radius 3 is 2.31 bits per heavy atom. The number of thiophene rings is 1. The highest BCUT2D eigenvalue weighted by molar-refractivity contribution is 7.15. The first-order valence-electron chi connectivity index (χ1n) is 10.7. The molecule has 0 saturated carbocycles. The summed E-state index contributed by atoms with van der Waals surface area (Å²) in [6.45, 7) is 9.90. The van der Waals surface area contributed by atoms with Crippen molar-refractivity contribution in [2.75, 3.05) is 18.5 Å². The molecular formula is C26H29NO4S. The van der Waals surface area contributed by atoms with E-state index in [1.54, 1.807) is 6.92 Å². The third-order valence-corrected chi connectivity index (χ3v) is 6.31. The standard InChI is InChI=1S/C26H29NO4S/c1-6-19-10-12-20(13-11-19)21-15-32-25(23(21)26(29)30-7-2)27-22(28)14-31-24-17(4)9-8-16(3)18(24)5/h8-13,15H,6-7,14H2,1-5H3,(H,27,28). The molecule has 0 bridgehead atoms. The Kier molecular flexibility index (Phi) is 7.70. The summed E-state index contributed by atoms with van der Waals surface area (Å²) < 4.78 is 11.1. The number of carbonyl (C=O) groups is 2. The quantitative estimate of drug-likeness (QED) is 0.421. The molecule has 0 spiro atoms. The van der Waals surface area contributed by atoms with Gasteiger partial charge in [-0.3, -0.25) is 4.79 Å². The number of carbonyl (C=O) groups excluding carboxylic acids is 2. The van der Waals surface area contributed by atoms with Crippen LogP contribution in [0.15, 0.2) is 41.8 Å². The van der Waals surface area contributed by atoms with Gasteiger partial charge in [-0.15, -0.1) is 11.3 Å². The molecule has 0 saturated heterocycles. The molecule has 5 nitrogen and oxygen atoms in total. The summed E-state index contributed by atoms with van der Waals surface area (Å²) in [4.78, 5) is 25.4. The second-order valence-corrected chi connectivity index (χ2v) is 8.49. The van der Waals surface area contributed by atoms with Gasteiger partial charge in [0.15, 0.2) is 6.61 Å². The molecule has 0 atom stereocenters. The van der Waals surface area contributed by atoms with Crippen molar-refractivity contribution < 1.29 is 19.1 Å². The van der Waals surface area contributed by atoms with Crippen molar-refractivity contribution in [3.8, 4) is 16.9 Å².